The number of unbranched alkanes of at least 4 members (excludes halogenated alkanes) is 9. The Morgan fingerprint density at radius 2 is 1.33 bits per heavy atom. The van der Waals surface area contributed by atoms with Gasteiger partial charge in [0.05, 0.1) is 5.92 Å². The van der Waals surface area contributed by atoms with Gasteiger partial charge in [0.25, 0.3) is 10.1 Å². The molecule has 0 fully saturated rings. The molecule has 6 nitrogen and oxygen atoms in total. The van der Waals surface area contributed by atoms with Crippen LogP contribution in [0.15, 0.2) is 0 Å². The summed E-state index contributed by atoms with van der Waals surface area (Å²) >= 11 is 3.58. The first-order valence-corrected chi connectivity index (χ1v) is 10.6. The van der Waals surface area contributed by atoms with Crippen LogP contribution in [0.25, 0.3) is 0 Å². The second-order valence-corrected chi connectivity index (χ2v) is 8.17. The number of aliphatic carboxylic acids is 1. The summed E-state index contributed by atoms with van der Waals surface area (Å²) in [6.07, 6.45) is 10.9. The van der Waals surface area contributed by atoms with Crippen LogP contribution in [0.4, 0.5) is 0 Å². The van der Waals surface area contributed by atoms with Gasteiger partial charge in [0.1, 0.15) is 0 Å². The Balaban J connectivity index is 4.11. The fourth-order valence-corrected chi connectivity index (χ4v) is 4.07. The number of carbonyl (C=O) groups excluding carboxylic acids is 1. The minimum Gasteiger partial charge on any atom is -0.480 e. The highest BCUT2D eigenvalue weighted by molar-refractivity contribution is 7.96. The van der Waals surface area contributed by atoms with Crippen molar-refractivity contribution in [1.29, 1.82) is 0 Å². The summed E-state index contributed by atoms with van der Waals surface area (Å²) in [5.74, 6) is -3.05. The Bertz CT molecular complexity index is 475. The van der Waals surface area contributed by atoms with Gasteiger partial charge in [0.15, 0.2) is 10.4 Å². The fraction of sp³-hybridized carbons (Fsp3) is 0.875. The van der Waals surface area contributed by atoms with Gasteiger partial charge in [-0.05, 0) is 6.42 Å². The Kier molecular flexibility index (Phi) is 12.4. The first-order valence-electron chi connectivity index (χ1n) is 8.63. The zero-order valence-electron chi connectivity index (χ0n) is 14.3. The van der Waals surface area contributed by atoms with Crippen LogP contribution in [0.1, 0.15) is 77.6 Å². The maximum atomic E-state index is 11.5. The number of carboxylic acids is 1. The van der Waals surface area contributed by atoms with E-state index in [9.17, 15) is 18.0 Å². The molecule has 0 amide bonds. The van der Waals surface area contributed by atoms with Crippen molar-refractivity contribution in [3.8, 4) is 0 Å². The molecule has 0 spiro atoms. The lowest BCUT2D eigenvalue weighted by Crippen LogP contribution is -2.39. The van der Waals surface area contributed by atoms with Gasteiger partial charge in [0.2, 0.25) is 0 Å². The SMILES string of the molecule is CCCCCCCCCCCCC(C(=O)S)C(C(=O)O)S(=O)(=O)O. The Morgan fingerprint density at radius 1 is 0.917 bits per heavy atom. The monoisotopic (exact) mass is 382 g/mol. The molecule has 0 heterocycles. The topological polar surface area (TPSA) is 109 Å². The van der Waals surface area contributed by atoms with Crippen molar-refractivity contribution >= 4 is 33.8 Å². The minimum absolute atomic E-state index is 0.0928. The summed E-state index contributed by atoms with van der Waals surface area (Å²) in [7, 11) is -4.84. The molecule has 0 radical (unpaired) electrons. The average Bonchev–Trinajstić information content (AvgIpc) is 2.45. The predicted octanol–water partition coefficient (Wildman–Crippen LogP) is 3.71. The molecule has 2 N–H and O–H groups in total. The summed E-state index contributed by atoms with van der Waals surface area (Å²) in [5, 5.41) is 6.00. The summed E-state index contributed by atoms with van der Waals surface area (Å²) in [6.45, 7) is 2.18. The predicted molar refractivity (Wildman–Crippen MR) is 96.9 cm³/mol. The zero-order valence-corrected chi connectivity index (χ0v) is 16.0. The molecule has 0 aliphatic rings. The van der Waals surface area contributed by atoms with E-state index in [1.54, 1.807) is 0 Å². The molecule has 142 valence electrons. The smallest absolute Gasteiger partial charge is 0.325 e. The Hall–Kier alpha value is -0.600. The lowest BCUT2D eigenvalue weighted by molar-refractivity contribution is -0.139. The van der Waals surface area contributed by atoms with E-state index in [2.05, 4.69) is 19.6 Å². The molecule has 0 aliphatic heterocycles. The van der Waals surface area contributed by atoms with Crippen molar-refractivity contribution in [2.24, 2.45) is 5.92 Å². The largest absolute Gasteiger partial charge is 0.480 e. The van der Waals surface area contributed by atoms with Crippen LogP contribution in [0.5, 0.6) is 0 Å². The standard InChI is InChI=1S/C16H30O6S2/c1-2-3-4-5-6-7-8-9-10-11-12-13(16(19)23)14(15(17)18)24(20,21)22/h13-14H,2-12H2,1H3,(H,17,18)(H,19,23)(H,20,21,22). The van der Waals surface area contributed by atoms with E-state index in [0.29, 0.717) is 6.42 Å². The normalized spacial score (nSPS) is 14.3. The number of hydrogen-bond donors (Lipinski definition) is 3. The van der Waals surface area contributed by atoms with E-state index in [-0.39, 0.29) is 6.42 Å². The van der Waals surface area contributed by atoms with Crippen LogP contribution >= 0.6 is 12.6 Å². The van der Waals surface area contributed by atoms with Crippen LogP contribution in [0.3, 0.4) is 0 Å². The quantitative estimate of drug-likeness (QED) is 0.226. The molecule has 0 aliphatic carbocycles. The first kappa shape index (κ1) is 23.4. The molecular weight excluding hydrogens is 352 g/mol. The van der Waals surface area contributed by atoms with Gasteiger partial charge in [-0.2, -0.15) is 8.42 Å². The lowest BCUT2D eigenvalue weighted by Gasteiger charge is -2.18. The highest BCUT2D eigenvalue weighted by Crippen LogP contribution is 2.23. The van der Waals surface area contributed by atoms with Crippen molar-refractivity contribution in [2.75, 3.05) is 0 Å². The third kappa shape index (κ3) is 10.3. The average molecular weight is 383 g/mol. The van der Waals surface area contributed by atoms with Gasteiger partial charge in [-0.3, -0.25) is 14.1 Å². The zero-order chi connectivity index (χ0) is 18.6. The molecule has 0 bridgehead atoms. The van der Waals surface area contributed by atoms with E-state index in [4.69, 9.17) is 9.66 Å². The molecule has 0 aromatic carbocycles. The Labute approximate surface area is 150 Å². The van der Waals surface area contributed by atoms with Crippen LogP contribution < -0.4 is 0 Å². The maximum absolute atomic E-state index is 11.5. The van der Waals surface area contributed by atoms with E-state index in [0.717, 1.165) is 25.7 Å². The molecule has 2 atom stereocenters. The van der Waals surface area contributed by atoms with Crippen molar-refractivity contribution in [3.63, 3.8) is 0 Å². The van der Waals surface area contributed by atoms with E-state index in [1.165, 1.54) is 32.1 Å². The Morgan fingerprint density at radius 3 is 1.67 bits per heavy atom. The lowest BCUT2D eigenvalue weighted by atomic mass is 9.97. The summed E-state index contributed by atoms with van der Waals surface area (Å²) in [4.78, 5) is 22.5. The first-order chi connectivity index (χ1) is 11.2. The molecule has 8 heteroatoms. The van der Waals surface area contributed by atoms with Gasteiger partial charge in [0, 0.05) is 0 Å². The summed E-state index contributed by atoms with van der Waals surface area (Å²) in [5.41, 5.74) is 0. The van der Waals surface area contributed by atoms with Crippen molar-refractivity contribution in [2.45, 2.75) is 82.8 Å². The van der Waals surface area contributed by atoms with Gasteiger partial charge in [-0.1, -0.05) is 71.1 Å². The van der Waals surface area contributed by atoms with Crippen molar-refractivity contribution < 1.29 is 27.7 Å². The molecule has 0 aromatic rings. The summed E-state index contributed by atoms with van der Waals surface area (Å²) < 4.78 is 31.4. The number of hydrogen-bond acceptors (Lipinski definition) is 4. The molecule has 0 aromatic heterocycles. The molecule has 24 heavy (non-hydrogen) atoms. The molecule has 0 rings (SSSR count). The van der Waals surface area contributed by atoms with Gasteiger partial charge < -0.3 is 5.11 Å². The van der Waals surface area contributed by atoms with Crippen LogP contribution in [-0.2, 0) is 19.7 Å². The summed E-state index contributed by atoms with van der Waals surface area (Å²) in [6, 6.07) is 0. The highest BCUT2D eigenvalue weighted by atomic mass is 32.2. The molecule has 0 saturated carbocycles. The van der Waals surface area contributed by atoms with Gasteiger partial charge in [-0.15, -0.1) is 12.6 Å². The second kappa shape index (κ2) is 12.7. The van der Waals surface area contributed by atoms with E-state index >= 15 is 0 Å². The molecule has 2 unspecified atom stereocenters. The molecular formula is C16H30O6S2. The van der Waals surface area contributed by atoms with E-state index in [1.807, 2.05) is 0 Å². The van der Waals surface area contributed by atoms with Crippen molar-refractivity contribution in [1.82, 2.24) is 0 Å². The highest BCUT2D eigenvalue weighted by Gasteiger charge is 2.41. The molecule has 0 saturated heterocycles. The number of thiol groups is 1. The van der Waals surface area contributed by atoms with Crippen LogP contribution in [-0.4, -0.2) is 34.4 Å². The fourth-order valence-electron chi connectivity index (χ4n) is 2.76. The van der Waals surface area contributed by atoms with Gasteiger partial charge in [-0.25, -0.2) is 0 Å². The number of carbonyl (C=O) groups is 2. The number of rotatable bonds is 15. The van der Waals surface area contributed by atoms with Crippen molar-refractivity contribution in [3.05, 3.63) is 0 Å². The minimum atomic E-state index is -4.84. The van der Waals surface area contributed by atoms with Crippen LogP contribution in [0, 0.1) is 5.92 Å². The third-order valence-corrected chi connectivity index (χ3v) is 5.62. The third-order valence-electron chi connectivity index (χ3n) is 4.12. The second-order valence-electron chi connectivity index (χ2n) is 6.19. The van der Waals surface area contributed by atoms with Gasteiger partial charge >= 0.3 is 5.97 Å². The van der Waals surface area contributed by atoms with E-state index < -0.39 is 32.4 Å². The maximum Gasteiger partial charge on any atom is 0.325 e. The van der Waals surface area contributed by atoms with Crippen LogP contribution in [0.2, 0.25) is 0 Å². The number of carboxylic acid groups (broad SMARTS) is 1.